The van der Waals surface area contributed by atoms with Crippen molar-refractivity contribution < 1.29 is 25.2 Å². The fourth-order valence-corrected chi connectivity index (χ4v) is 2.83. The molecule has 15 heavy (non-hydrogen) atoms. The SMILES string of the molecule is CC(C)S[C@@H]1[C@H](O)[C@@H](O)[C@@H](O)O[C@@H]1CO. The van der Waals surface area contributed by atoms with Gasteiger partial charge in [-0.15, -0.1) is 0 Å². The van der Waals surface area contributed by atoms with Crippen molar-refractivity contribution in [1.82, 2.24) is 0 Å². The Hall–Kier alpha value is 0.150. The van der Waals surface area contributed by atoms with Gasteiger partial charge in [-0.3, -0.25) is 0 Å². The molecule has 0 amide bonds. The first-order valence-electron chi connectivity index (χ1n) is 4.93. The predicted molar refractivity (Wildman–Crippen MR) is 56.5 cm³/mol. The van der Waals surface area contributed by atoms with Crippen LogP contribution >= 0.6 is 11.8 Å². The van der Waals surface area contributed by atoms with E-state index < -0.39 is 29.9 Å². The Bertz CT molecular complexity index is 199. The molecule has 0 radical (unpaired) electrons. The summed E-state index contributed by atoms with van der Waals surface area (Å²) in [6.07, 6.45) is -4.48. The van der Waals surface area contributed by atoms with Crippen LogP contribution < -0.4 is 0 Å². The molecule has 0 aromatic carbocycles. The van der Waals surface area contributed by atoms with E-state index in [1.54, 1.807) is 0 Å². The van der Waals surface area contributed by atoms with Crippen LogP contribution in [0.4, 0.5) is 0 Å². The standard InChI is InChI=1S/C9H18O5S/c1-4(2)15-8-5(3-10)14-9(13)7(12)6(8)11/h4-13H,3H2,1-2H3/t5-,6-,7-,8+,9+/m1/s1. The summed E-state index contributed by atoms with van der Waals surface area (Å²) >= 11 is 1.42. The van der Waals surface area contributed by atoms with E-state index >= 15 is 0 Å². The molecular weight excluding hydrogens is 220 g/mol. The lowest BCUT2D eigenvalue weighted by molar-refractivity contribution is -0.248. The van der Waals surface area contributed by atoms with Crippen molar-refractivity contribution in [3.8, 4) is 0 Å². The van der Waals surface area contributed by atoms with Crippen LogP contribution in [0.2, 0.25) is 0 Å². The molecule has 1 heterocycles. The van der Waals surface area contributed by atoms with Gasteiger partial charge >= 0.3 is 0 Å². The molecule has 90 valence electrons. The third-order valence-corrected chi connectivity index (χ3v) is 3.71. The van der Waals surface area contributed by atoms with Gasteiger partial charge in [0.25, 0.3) is 0 Å². The monoisotopic (exact) mass is 238 g/mol. The number of aliphatic hydroxyl groups is 4. The molecule has 0 spiro atoms. The van der Waals surface area contributed by atoms with Gasteiger partial charge in [0.15, 0.2) is 6.29 Å². The quantitative estimate of drug-likeness (QED) is 0.500. The predicted octanol–water partition coefficient (Wildman–Crippen LogP) is -1.07. The zero-order valence-corrected chi connectivity index (χ0v) is 9.59. The van der Waals surface area contributed by atoms with Gasteiger partial charge in [0.05, 0.1) is 24.1 Å². The Morgan fingerprint density at radius 2 is 1.80 bits per heavy atom. The lowest BCUT2D eigenvalue weighted by Gasteiger charge is -2.40. The summed E-state index contributed by atoms with van der Waals surface area (Å²) in [6, 6.07) is 0. The first kappa shape index (κ1) is 13.2. The van der Waals surface area contributed by atoms with Gasteiger partial charge < -0.3 is 25.2 Å². The normalized spacial score (nSPS) is 42.2. The van der Waals surface area contributed by atoms with E-state index in [4.69, 9.17) is 9.84 Å². The van der Waals surface area contributed by atoms with Crippen molar-refractivity contribution in [2.45, 2.75) is 48.9 Å². The molecule has 1 aliphatic rings. The van der Waals surface area contributed by atoms with Crippen LogP contribution in [0.25, 0.3) is 0 Å². The highest BCUT2D eigenvalue weighted by atomic mass is 32.2. The number of aliphatic hydroxyl groups excluding tert-OH is 4. The first-order valence-corrected chi connectivity index (χ1v) is 5.87. The molecule has 1 aliphatic heterocycles. The van der Waals surface area contributed by atoms with E-state index in [1.165, 1.54) is 11.8 Å². The second-order valence-corrected chi connectivity index (χ2v) is 5.64. The van der Waals surface area contributed by atoms with E-state index in [0.29, 0.717) is 0 Å². The maximum Gasteiger partial charge on any atom is 0.183 e. The number of hydrogen-bond donors (Lipinski definition) is 4. The fourth-order valence-electron chi connectivity index (χ4n) is 1.55. The fraction of sp³-hybridized carbons (Fsp3) is 1.00. The topological polar surface area (TPSA) is 90.2 Å². The molecule has 1 rings (SSSR count). The van der Waals surface area contributed by atoms with Crippen molar-refractivity contribution in [2.24, 2.45) is 0 Å². The minimum atomic E-state index is -1.43. The maximum atomic E-state index is 9.74. The van der Waals surface area contributed by atoms with Crippen LogP contribution in [-0.4, -0.2) is 62.1 Å². The van der Waals surface area contributed by atoms with E-state index in [1.807, 2.05) is 13.8 Å². The van der Waals surface area contributed by atoms with Crippen molar-refractivity contribution >= 4 is 11.8 Å². The summed E-state index contributed by atoms with van der Waals surface area (Å²) in [7, 11) is 0. The van der Waals surface area contributed by atoms with Crippen molar-refractivity contribution in [2.75, 3.05) is 6.61 Å². The molecule has 4 N–H and O–H groups in total. The van der Waals surface area contributed by atoms with Crippen LogP contribution in [0.15, 0.2) is 0 Å². The van der Waals surface area contributed by atoms with Gasteiger partial charge in [0.2, 0.25) is 0 Å². The molecule has 1 saturated heterocycles. The number of thioether (sulfide) groups is 1. The van der Waals surface area contributed by atoms with Crippen LogP contribution in [0.5, 0.6) is 0 Å². The summed E-state index contributed by atoms with van der Waals surface area (Å²) in [5.74, 6) is 0. The van der Waals surface area contributed by atoms with Gasteiger partial charge in [-0.05, 0) is 5.25 Å². The molecule has 5 nitrogen and oxygen atoms in total. The van der Waals surface area contributed by atoms with E-state index in [9.17, 15) is 15.3 Å². The Morgan fingerprint density at radius 1 is 1.20 bits per heavy atom. The zero-order chi connectivity index (χ0) is 11.6. The second-order valence-electron chi connectivity index (χ2n) is 3.88. The number of hydrogen-bond acceptors (Lipinski definition) is 6. The number of ether oxygens (including phenoxy) is 1. The first-order chi connectivity index (χ1) is 6.97. The molecule has 0 aromatic rings. The molecule has 0 aromatic heterocycles. The average molecular weight is 238 g/mol. The van der Waals surface area contributed by atoms with Crippen LogP contribution in [0.1, 0.15) is 13.8 Å². The molecule has 0 bridgehead atoms. The van der Waals surface area contributed by atoms with Gasteiger partial charge in [-0.1, -0.05) is 13.8 Å². The van der Waals surface area contributed by atoms with Gasteiger partial charge in [0, 0.05) is 0 Å². The Balaban J connectivity index is 2.70. The van der Waals surface area contributed by atoms with Crippen molar-refractivity contribution in [3.05, 3.63) is 0 Å². The highest BCUT2D eigenvalue weighted by Gasteiger charge is 2.43. The van der Waals surface area contributed by atoms with Crippen LogP contribution in [0.3, 0.4) is 0 Å². The number of rotatable bonds is 3. The van der Waals surface area contributed by atoms with E-state index in [-0.39, 0.29) is 11.9 Å². The zero-order valence-electron chi connectivity index (χ0n) is 8.78. The lowest BCUT2D eigenvalue weighted by Crippen LogP contribution is -2.57. The van der Waals surface area contributed by atoms with Crippen LogP contribution in [-0.2, 0) is 4.74 Å². The summed E-state index contributed by atoms with van der Waals surface area (Å²) in [6.45, 7) is 3.61. The Morgan fingerprint density at radius 3 is 2.27 bits per heavy atom. The van der Waals surface area contributed by atoms with Crippen molar-refractivity contribution in [3.63, 3.8) is 0 Å². The van der Waals surface area contributed by atoms with Crippen molar-refractivity contribution in [1.29, 1.82) is 0 Å². The summed E-state index contributed by atoms with van der Waals surface area (Å²) < 4.78 is 5.01. The highest BCUT2D eigenvalue weighted by molar-refractivity contribution is 8.00. The van der Waals surface area contributed by atoms with E-state index in [2.05, 4.69) is 0 Å². The van der Waals surface area contributed by atoms with Crippen LogP contribution in [0, 0.1) is 0 Å². The molecule has 0 saturated carbocycles. The summed E-state index contributed by atoms with van der Waals surface area (Å²) in [4.78, 5) is 0. The lowest BCUT2D eigenvalue weighted by atomic mass is 10.0. The largest absolute Gasteiger partial charge is 0.394 e. The minimum absolute atomic E-state index is 0.241. The third kappa shape index (κ3) is 3.05. The maximum absolute atomic E-state index is 9.74. The summed E-state index contributed by atoms with van der Waals surface area (Å²) in [5, 5.41) is 37.3. The molecule has 0 aliphatic carbocycles. The van der Waals surface area contributed by atoms with Gasteiger partial charge in [-0.2, -0.15) is 11.8 Å². The Kier molecular flexibility index (Phi) is 4.82. The van der Waals surface area contributed by atoms with Gasteiger partial charge in [-0.25, -0.2) is 0 Å². The highest BCUT2D eigenvalue weighted by Crippen LogP contribution is 2.31. The molecule has 6 heteroatoms. The smallest absolute Gasteiger partial charge is 0.183 e. The minimum Gasteiger partial charge on any atom is -0.394 e. The molecule has 0 unspecified atom stereocenters. The summed E-state index contributed by atoms with van der Waals surface area (Å²) in [5.41, 5.74) is 0. The molecule has 5 atom stereocenters. The van der Waals surface area contributed by atoms with Gasteiger partial charge in [0.1, 0.15) is 6.10 Å². The third-order valence-electron chi connectivity index (χ3n) is 2.27. The van der Waals surface area contributed by atoms with E-state index in [0.717, 1.165) is 0 Å². The molecular formula is C9H18O5S. The second kappa shape index (κ2) is 5.47. The average Bonchev–Trinajstić information content (AvgIpc) is 2.18. The Labute approximate surface area is 93.1 Å². The molecule has 1 fully saturated rings.